The van der Waals surface area contributed by atoms with Gasteiger partial charge in [-0.2, -0.15) is 4.31 Å². The maximum absolute atomic E-state index is 13.0. The van der Waals surface area contributed by atoms with Crippen LogP contribution in [0.3, 0.4) is 0 Å². The van der Waals surface area contributed by atoms with Crippen LogP contribution in [0.15, 0.2) is 59.5 Å². The molecule has 23 heavy (non-hydrogen) atoms. The largest absolute Gasteiger partial charge is 0.293 e. The van der Waals surface area contributed by atoms with Crippen LogP contribution in [0.1, 0.15) is 28.4 Å². The second-order valence-corrected chi connectivity index (χ2v) is 7.61. The minimum atomic E-state index is -3.73. The van der Waals surface area contributed by atoms with E-state index in [0.29, 0.717) is 12.3 Å². The number of alkyl halides is 1. The second kappa shape index (κ2) is 6.43. The summed E-state index contributed by atoms with van der Waals surface area (Å²) in [6.45, 7) is -0.157. The Labute approximate surface area is 140 Å². The van der Waals surface area contributed by atoms with E-state index in [0.717, 1.165) is 5.56 Å². The Morgan fingerprint density at radius 2 is 1.70 bits per heavy atom. The predicted octanol–water partition coefficient (Wildman–Crippen LogP) is 3.24. The van der Waals surface area contributed by atoms with Crippen molar-refractivity contribution >= 4 is 27.4 Å². The summed E-state index contributed by atoms with van der Waals surface area (Å²) in [5.74, 6) is 0.118. The lowest BCUT2D eigenvalue weighted by molar-refractivity contribution is 0.0939. The molecule has 4 nitrogen and oxygen atoms in total. The van der Waals surface area contributed by atoms with Gasteiger partial charge in [0.15, 0.2) is 5.78 Å². The number of nitrogens with zero attached hydrogens (tertiary/aromatic N) is 1. The van der Waals surface area contributed by atoms with Gasteiger partial charge in [0.1, 0.15) is 0 Å². The van der Waals surface area contributed by atoms with Crippen LogP contribution in [0.5, 0.6) is 0 Å². The number of fused-ring (bicyclic) bond motifs is 1. The van der Waals surface area contributed by atoms with Gasteiger partial charge in [0, 0.05) is 11.4 Å². The van der Waals surface area contributed by atoms with Crippen LogP contribution >= 0.6 is 11.6 Å². The lowest BCUT2D eigenvalue weighted by Crippen LogP contribution is -2.43. The van der Waals surface area contributed by atoms with E-state index < -0.39 is 16.1 Å². The SMILES string of the molecule is O=C1CN(C(CCCl)c2ccccc2)S(=O)(=O)c2ccccc21. The first-order valence-corrected chi connectivity index (χ1v) is 9.28. The highest BCUT2D eigenvalue weighted by atomic mass is 35.5. The van der Waals surface area contributed by atoms with Crippen molar-refractivity contribution < 1.29 is 13.2 Å². The van der Waals surface area contributed by atoms with Crippen LogP contribution < -0.4 is 0 Å². The van der Waals surface area contributed by atoms with E-state index in [4.69, 9.17) is 11.6 Å². The number of benzene rings is 2. The van der Waals surface area contributed by atoms with Crippen molar-refractivity contribution in [1.82, 2.24) is 4.31 Å². The molecule has 0 aliphatic carbocycles. The Kier molecular flexibility index (Phi) is 4.53. The summed E-state index contributed by atoms with van der Waals surface area (Å²) in [5.41, 5.74) is 1.10. The lowest BCUT2D eigenvalue weighted by atomic mass is 10.0. The van der Waals surface area contributed by atoms with Gasteiger partial charge in [-0.25, -0.2) is 8.42 Å². The molecule has 0 aromatic heterocycles. The maximum Gasteiger partial charge on any atom is 0.244 e. The van der Waals surface area contributed by atoms with Crippen molar-refractivity contribution in [2.24, 2.45) is 0 Å². The van der Waals surface area contributed by atoms with Crippen molar-refractivity contribution in [2.45, 2.75) is 17.4 Å². The van der Waals surface area contributed by atoms with Gasteiger partial charge in [0.2, 0.25) is 10.0 Å². The van der Waals surface area contributed by atoms with E-state index in [-0.39, 0.29) is 22.8 Å². The Balaban J connectivity index is 2.10. The Bertz CT molecular complexity index is 821. The smallest absolute Gasteiger partial charge is 0.244 e. The molecule has 0 N–H and O–H groups in total. The number of hydrogen-bond acceptors (Lipinski definition) is 3. The number of carbonyl (C=O) groups is 1. The molecule has 1 unspecified atom stereocenters. The van der Waals surface area contributed by atoms with Crippen LogP contribution in [-0.2, 0) is 10.0 Å². The molecule has 0 fully saturated rings. The predicted molar refractivity (Wildman–Crippen MR) is 89.2 cm³/mol. The number of hydrogen-bond donors (Lipinski definition) is 0. The first-order chi connectivity index (χ1) is 11.1. The number of carbonyl (C=O) groups excluding carboxylic acids is 1. The highest BCUT2D eigenvalue weighted by Crippen LogP contribution is 2.35. The van der Waals surface area contributed by atoms with Crippen molar-refractivity contribution in [3.8, 4) is 0 Å². The van der Waals surface area contributed by atoms with E-state index in [1.165, 1.54) is 10.4 Å². The monoisotopic (exact) mass is 349 g/mol. The van der Waals surface area contributed by atoms with E-state index in [1.54, 1.807) is 18.2 Å². The van der Waals surface area contributed by atoms with Gasteiger partial charge < -0.3 is 0 Å². The quantitative estimate of drug-likeness (QED) is 0.796. The molecule has 1 aliphatic rings. The van der Waals surface area contributed by atoms with Crippen molar-refractivity contribution in [3.63, 3.8) is 0 Å². The van der Waals surface area contributed by atoms with Crippen LogP contribution in [0.4, 0.5) is 0 Å². The molecule has 0 saturated carbocycles. The van der Waals surface area contributed by atoms with Gasteiger partial charge in [-0.05, 0) is 24.1 Å². The standard InChI is InChI=1S/C17H16ClNO3S/c18-11-10-15(13-6-2-1-3-7-13)19-12-16(20)14-8-4-5-9-17(14)23(19,21)22/h1-9,15H,10-12H2. The summed E-state index contributed by atoms with van der Waals surface area (Å²) in [6.07, 6.45) is 0.445. The molecular formula is C17H16ClNO3S. The third kappa shape index (κ3) is 2.92. The second-order valence-electron chi connectivity index (χ2n) is 5.37. The summed E-state index contributed by atoms with van der Waals surface area (Å²) in [7, 11) is -3.73. The van der Waals surface area contributed by atoms with Crippen molar-refractivity contribution in [3.05, 3.63) is 65.7 Å². The molecule has 0 amide bonds. The molecular weight excluding hydrogens is 334 g/mol. The molecule has 1 atom stereocenters. The molecule has 0 spiro atoms. The number of rotatable bonds is 4. The van der Waals surface area contributed by atoms with E-state index in [2.05, 4.69) is 0 Å². The average Bonchev–Trinajstić information content (AvgIpc) is 2.57. The normalized spacial score (nSPS) is 18.4. The van der Waals surface area contributed by atoms with E-state index >= 15 is 0 Å². The molecule has 0 bridgehead atoms. The average molecular weight is 350 g/mol. The first-order valence-electron chi connectivity index (χ1n) is 7.30. The summed E-state index contributed by atoms with van der Waals surface area (Å²) in [4.78, 5) is 12.5. The summed E-state index contributed by atoms with van der Waals surface area (Å²) in [6, 6.07) is 15.2. The zero-order chi connectivity index (χ0) is 16.4. The third-order valence-corrected chi connectivity index (χ3v) is 6.12. The lowest BCUT2D eigenvalue weighted by Gasteiger charge is -2.34. The Morgan fingerprint density at radius 1 is 1.04 bits per heavy atom. The highest BCUT2D eigenvalue weighted by molar-refractivity contribution is 7.89. The van der Waals surface area contributed by atoms with Crippen LogP contribution in [0, 0.1) is 0 Å². The van der Waals surface area contributed by atoms with E-state index in [1.807, 2.05) is 30.3 Å². The van der Waals surface area contributed by atoms with Gasteiger partial charge in [-0.3, -0.25) is 4.79 Å². The zero-order valence-electron chi connectivity index (χ0n) is 12.4. The van der Waals surface area contributed by atoms with Gasteiger partial charge in [0.05, 0.1) is 17.5 Å². The number of sulfonamides is 1. The van der Waals surface area contributed by atoms with E-state index in [9.17, 15) is 13.2 Å². The molecule has 2 aromatic carbocycles. The molecule has 0 saturated heterocycles. The zero-order valence-corrected chi connectivity index (χ0v) is 13.9. The van der Waals surface area contributed by atoms with Gasteiger partial charge in [-0.15, -0.1) is 11.6 Å². The van der Waals surface area contributed by atoms with Gasteiger partial charge in [0.25, 0.3) is 0 Å². The molecule has 1 aliphatic heterocycles. The fourth-order valence-electron chi connectivity index (χ4n) is 2.89. The molecule has 2 aromatic rings. The molecule has 3 rings (SSSR count). The fraction of sp³-hybridized carbons (Fsp3) is 0.235. The molecule has 120 valence electrons. The summed E-state index contributed by atoms with van der Waals surface area (Å²) >= 11 is 5.89. The number of Topliss-reactive ketones (excluding diaryl/α,β-unsaturated/α-hetero) is 1. The first kappa shape index (κ1) is 16.2. The molecule has 1 heterocycles. The Hall–Kier alpha value is -1.69. The minimum Gasteiger partial charge on any atom is -0.293 e. The topological polar surface area (TPSA) is 54.5 Å². The van der Waals surface area contributed by atoms with Gasteiger partial charge >= 0.3 is 0 Å². The third-order valence-electron chi connectivity index (χ3n) is 3.99. The minimum absolute atomic E-state index is 0.0757. The number of ketones is 1. The van der Waals surface area contributed by atoms with Crippen molar-refractivity contribution in [1.29, 1.82) is 0 Å². The Morgan fingerprint density at radius 3 is 2.39 bits per heavy atom. The molecule has 6 heteroatoms. The van der Waals surface area contributed by atoms with Crippen LogP contribution in [-0.4, -0.2) is 30.9 Å². The van der Waals surface area contributed by atoms with Crippen LogP contribution in [0.2, 0.25) is 0 Å². The summed E-state index contributed by atoms with van der Waals surface area (Å²) < 4.78 is 27.2. The van der Waals surface area contributed by atoms with Crippen molar-refractivity contribution in [2.75, 3.05) is 12.4 Å². The number of halogens is 1. The maximum atomic E-state index is 13.0. The van der Waals surface area contributed by atoms with Crippen LogP contribution in [0.25, 0.3) is 0 Å². The van der Waals surface area contributed by atoms with Gasteiger partial charge in [-0.1, -0.05) is 42.5 Å². The fourth-order valence-corrected chi connectivity index (χ4v) is 4.91. The molecule has 0 radical (unpaired) electrons. The highest BCUT2D eigenvalue weighted by Gasteiger charge is 2.40. The summed E-state index contributed by atoms with van der Waals surface area (Å²) in [5, 5.41) is 0.